The third kappa shape index (κ3) is 38.2. The molecule has 0 rings (SSSR count). The highest BCUT2D eigenvalue weighted by Gasteiger charge is 2.26. The summed E-state index contributed by atoms with van der Waals surface area (Å²) in [7, 11) is -4.51. The van der Waals surface area contributed by atoms with E-state index in [0.717, 1.165) is 77.0 Å². The van der Waals surface area contributed by atoms with E-state index in [-0.39, 0.29) is 19.6 Å². The fourth-order valence-corrected chi connectivity index (χ4v) is 6.19. The lowest BCUT2D eigenvalue weighted by Gasteiger charge is -2.20. The molecule has 0 saturated heterocycles. The number of hydrogen-bond acceptors (Lipinski definition) is 8. The van der Waals surface area contributed by atoms with Gasteiger partial charge >= 0.3 is 13.8 Å². The summed E-state index contributed by atoms with van der Waals surface area (Å²) in [5.74, 6) is -0.392. The van der Waals surface area contributed by atoms with Gasteiger partial charge in [-0.3, -0.25) is 13.8 Å². The molecule has 0 aliphatic carbocycles. The molecular formula is C42H77O9P. The number of carbonyl (C=O) groups excluding carboxylic acids is 1. The Morgan fingerprint density at radius 1 is 0.615 bits per heavy atom. The van der Waals surface area contributed by atoms with Crippen molar-refractivity contribution in [2.75, 3.05) is 33.0 Å². The molecule has 3 unspecified atom stereocenters. The van der Waals surface area contributed by atoms with Gasteiger partial charge in [0.15, 0.2) is 0 Å². The molecule has 0 fully saturated rings. The van der Waals surface area contributed by atoms with Crippen LogP contribution in [0.2, 0.25) is 0 Å². The first-order chi connectivity index (χ1) is 25.3. The minimum Gasteiger partial charge on any atom is -0.457 e. The lowest BCUT2D eigenvalue weighted by atomic mass is 10.1. The van der Waals surface area contributed by atoms with Crippen molar-refractivity contribution in [3.05, 3.63) is 48.6 Å². The molecule has 3 atom stereocenters. The SMILES string of the molecule is CC/C=C\C/C=C\C/C=C\C/C=C\CCCCCCCCCCC(=O)OC(COCCCCCCCCCCCC)COP(=O)(O)OCC(O)CO. The summed E-state index contributed by atoms with van der Waals surface area (Å²) >= 11 is 0. The minimum atomic E-state index is -4.51. The average Bonchev–Trinajstić information content (AvgIpc) is 3.13. The van der Waals surface area contributed by atoms with E-state index >= 15 is 0 Å². The van der Waals surface area contributed by atoms with Crippen molar-refractivity contribution in [1.82, 2.24) is 0 Å². The van der Waals surface area contributed by atoms with Gasteiger partial charge in [-0.2, -0.15) is 0 Å². The maximum absolute atomic E-state index is 12.6. The molecule has 0 aromatic rings. The number of ether oxygens (including phenoxy) is 2. The highest BCUT2D eigenvalue weighted by Crippen LogP contribution is 2.43. The maximum Gasteiger partial charge on any atom is 0.472 e. The van der Waals surface area contributed by atoms with Crippen LogP contribution in [0.25, 0.3) is 0 Å². The Kier molecular flexibility index (Phi) is 37.9. The molecule has 0 bridgehead atoms. The summed E-state index contributed by atoms with van der Waals surface area (Å²) in [5.41, 5.74) is 0. The predicted octanol–water partition coefficient (Wildman–Crippen LogP) is 11.0. The molecule has 52 heavy (non-hydrogen) atoms. The number of carbonyl (C=O) groups is 1. The predicted molar refractivity (Wildman–Crippen MR) is 214 cm³/mol. The largest absolute Gasteiger partial charge is 0.472 e. The topological polar surface area (TPSA) is 132 Å². The molecule has 0 heterocycles. The Balaban J connectivity index is 4.15. The second-order valence-corrected chi connectivity index (χ2v) is 15.1. The molecule has 0 aromatic heterocycles. The zero-order valence-electron chi connectivity index (χ0n) is 33.0. The number of phosphoric acid groups is 1. The van der Waals surface area contributed by atoms with Crippen molar-refractivity contribution in [2.24, 2.45) is 0 Å². The molecule has 0 aliphatic rings. The Hall–Kier alpha value is -1.58. The van der Waals surface area contributed by atoms with E-state index in [2.05, 4.69) is 62.5 Å². The Morgan fingerprint density at radius 3 is 1.65 bits per heavy atom. The van der Waals surface area contributed by atoms with E-state index < -0.39 is 39.2 Å². The molecule has 304 valence electrons. The summed E-state index contributed by atoms with van der Waals surface area (Å²) in [4.78, 5) is 22.5. The van der Waals surface area contributed by atoms with E-state index in [4.69, 9.17) is 23.6 Å². The lowest BCUT2D eigenvalue weighted by molar-refractivity contribution is -0.154. The molecular weight excluding hydrogens is 679 g/mol. The molecule has 0 radical (unpaired) electrons. The number of rotatable bonds is 39. The molecule has 0 spiro atoms. The summed E-state index contributed by atoms with van der Waals surface area (Å²) < 4.78 is 33.3. The molecule has 0 amide bonds. The van der Waals surface area contributed by atoms with E-state index in [1.54, 1.807) is 0 Å². The van der Waals surface area contributed by atoms with Crippen molar-refractivity contribution in [2.45, 2.75) is 180 Å². The first-order valence-electron chi connectivity index (χ1n) is 20.6. The van der Waals surface area contributed by atoms with Gasteiger partial charge in [-0.1, -0.05) is 159 Å². The second-order valence-electron chi connectivity index (χ2n) is 13.6. The minimum absolute atomic E-state index is 0.0463. The first-order valence-corrected chi connectivity index (χ1v) is 22.1. The second kappa shape index (κ2) is 39.1. The summed E-state index contributed by atoms with van der Waals surface area (Å²) in [5, 5.41) is 18.3. The summed E-state index contributed by atoms with van der Waals surface area (Å²) in [6, 6.07) is 0. The first kappa shape index (κ1) is 50.4. The third-order valence-electron chi connectivity index (χ3n) is 8.53. The third-order valence-corrected chi connectivity index (χ3v) is 9.48. The molecule has 10 heteroatoms. The van der Waals surface area contributed by atoms with Gasteiger partial charge < -0.3 is 24.6 Å². The number of allylic oxidation sites excluding steroid dienone is 8. The van der Waals surface area contributed by atoms with E-state index in [0.29, 0.717) is 6.61 Å². The normalized spacial score (nSPS) is 14.6. The number of hydrogen-bond donors (Lipinski definition) is 3. The Morgan fingerprint density at radius 2 is 1.10 bits per heavy atom. The van der Waals surface area contributed by atoms with Gasteiger partial charge in [0, 0.05) is 13.0 Å². The van der Waals surface area contributed by atoms with Crippen molar-refractivity contribution in [3.8, 4) is 0 Å². The number of phosphoric ester groups is 1. The number of unbranched alkanes of at least 4 members (excludes halogenated alkanes) is 17. The highest BCUT2D eigenvalue weighted by atomic mass is 31.2. The van der Waals surface area contributed by atoms with Crippen LogP contribution >= 0.6 is 7.82 Å². The van der Waals surface area contributed by atoms with Crippen molar-refractivity contribution in [3.63, 3.8) is 0 Å². The van der Waals surface area contributed by atoms with Crippen molar-refractivity contribution >= 4 is 13.8 Å². The summed E-state index contributed by atoms with van der Waals surface area (Å²) in [6.45, 7) is 3.38. The van der Waals surface area contributed by atoms with Gasteiger partial charge in [0.2, 0.25) is 0 Å². The zero-order chi connectivity index (χ0) is 38.2. The van der Waals surface area contributed by atoms with Crippen LogP contribution in [0.15, 0.2) is 48.6 Å². The van der Waals surface area contributed by atoms with Crippen LogP contribution in [0.5, 0.6) is 0 Å². The molecule has 0 aliphatic heterocycles. The summed E-state index contributed by atoms with van der Waals surface area (Å²) in [6.07, 6.45) is 42.1. The number of aliphatic hydroxyl groups excluding tert-OH is 2. The van der Waals surface area contributed by atoms with Crippen LogP contribution in [0.3, 0.4) is 0 Å². The quantitative estimate of drug-likeness (QED) is 0.0243. The van der Waals surface area contributed by atoms with Gasteiger partial charge in [-0.25, -0.2) is 4.57 Å². The van der Waals surface area contributed by atoms with Crippen LogP contribution < -0.4 is 0 Å². The van der Waals surface area contributed by atoms with Gasteiger partial charge in [0.25, 0.3) is 0 Å². The molecule has 0 aromatic carbocycles. The van der Waals surface area contributed by atoms with Gasteiger partial charge in [0.05, 0.1) is 26.4 Å². The number of esters is 1. The van der Waals surface area contributed by atoms with Gasteiger partial charge in [0.1, 0.15) is 12.2 Å². The Labute approximate surface area is 317 Å². The van der Waals surface area contributed by atoms with Crippen molar-refractivity contribution < 1.29 is 43.0 Å². The average molecular weight is 757 g/mol. The van der Waals surface area contributed by atoms with Crippen LogP contribution in [-0.2, 0) is 27.9 Å². The lowest BCUT2D eigenvalue weighted by Crippen LogP contribution is -2.29. The standard InChI is InChI=1S/C42H77O9P/c1-3-5-7-9-11-13-15-16-17-18-19-20-21-22-23-24-25-26-28-30-32-34-42(45)51-41(39-50-52(46,47)49-37-40(44)36-43)38-48-35-33-31-29-27-14-12-10-8-6-4-2/h5,7,11,13,16-17,19-20,40-41,43-44H,3-4,6,8-10,12,14-15,18,21-39H2,1-2H3,(H,46,47)/b7-5-,13-11-,17-16-,20-19-. The van der Waals surface area contributed by atoms with Crippen LogP contribution in [0, 0.1) is 0 Å². The smallest absolute Gasteiger partial charge is 0.457 e. The molecule has 3 N–H and O–H groups in total. The van der Waals surface area contributed by atoms with Gasteiger partial charge in [-0.05, 0) is 51.4 Å². The fourth-order valence-electron chi connectivity index (χ4n) is 5.40. The maximum atomic E-state index is 12.6. The Bertz CT molecular complexity index is 950. The van der Waals surface area contributed by atoms with Crippen molar-refractivity contribution in [1.29, 1.82) is 0 Å². The highest BCUT2D eigenvalue weighted by molar-refractivity contribution is 7.47. The van der Waals surface area contributed by atoms with Crippen LogP contribution in [-0.4, -0.2) is 66.3 Å². The van der Waals surface area contributed by atoms with Gasteiger partial charge in [-0.15, -0.1) is 0 Å². The monoisotopic (exact) mass is 757 g/mol. The van der Waals surface area contributed by atoms with Crippen LogP contribution in [0.1, 0.15) is 168 Å². The molecule has 9 nitrogen and oxygen atoms in total. The fraction of sp³-hybridized carbons (Fsp3) is 0.786. The zero-order valence-corrected chi connectivity index (χ0v) is 33.9. The van der Waals surface area contributed by atoms with E-state index in [1.165, 1.54) is 70.6 Å². The van der Waals surface area contributed by atoms with E-state index in [1.807, 2.05) is 0 Å². The van der Waals surface area contributed by atoms with E-state index in [9.17, 15) is 19.4 Å². The number of aliphatic hydroxyl groups is 2. The van der Waals surface area contributed by atoms with Crippen LogP contribution in [0.4, 0.5) is 0 Å². The molecule has 0 saturated carbocycles.